The number of nitrogens with zero attached hydrogens (tertiary/aromatic N) is 4. The van der Waals surface area contributed by atoms with E-state index in [1.165, 1.54) is 5.56 Å². The van der Waals surface area contributed by atoms with Crippen molar-refractivity contribution in [1.82, 2.24) is 25.2 Å². The number of amides is 2. The first kappa shape index (κ1) is 26.2. The van der Waals surface area contributed by atoms with Crippen molar-refractivity contribution in [2.75, 3.05) is 44.9 Å². The highest BCUT2D eigenvalue weighted by Gasteiger charge is 2.37. The number of benzene rings is 2. The molecule has 0 bridgehead atoms. The second-order valence-electron chi connectivity index (χ2n) is 9.63. The van der Waals surface area contributed by atoms with Crippen LogP contribution in [-0.4, -0.2) is 59.7 Å². The van der Waals surface area contributed by atoms with Crippen LogP contribution in [0.5, 0.6) is 11.5 Å². The molecule has 39 heavy (non-hydrogen) atoms. The largest absolute Gasteiger partial charge is 0.493 e. The lowest BCUT2D eigenvalue weighted by atomic mass is 9.72. The normalized spacial score (nSPS) is 14.7. The number of nitrogens with two attached hydrogens (primary N) is 1. The number of ether oxygens (including phenoxy) is 2. The Kier molecular flexibility index (Phi) is 7.74. The summed E-state index contributed by atoms with van der Waals surface area (Å²) in [6, 6.07) is 19.4. The molecule has 0 unspecified atom stereocenters. The van der Waals surface area contributed by atoms with E-state index in [1.807, 2.05) is 29.2 Å². The number of hydrogen-bond donors (Lipinski definition) is 3. The number of nitrogens with one attached hydrogen (secondary N) is 2. The Morgan fingerprint density at radius 2 is 1.72 bits per heavy atom. The molecule has 3 heterocycles. The number of carbonyl (C=O) groups is 1. The van der Waals surface area contributed by atoms with Gasteiger partial charge in [0.25, 0.3) is 0 Å². The molecule has 0 spiro atoms. The fourth-order valence-electron chi connectivity index (χ4n) is 5.14. The van der Waals surface area contributed by atoms with E-state index in [2.05, 4.69) is 44.9 Å². The highest BCUT2D eigenvalue weighted by atomic mass is 16.5. The molecule has 2 aromatic heterocycles. The van der Waals surface area contributed by atoms with Crippen LogP contribution in [0.2, 0.25) is 0 Å². The summed E-state index contributed by atoms with van der Waals surface area (Å²) in [5.74, 6) is 2.71. The van der Waals surface area contributed by atoms with E-state index in [9.17, 15) is 4.79 Å². The zero-order valence-corrected chi connectivity index (χ0v) is 22.2. The molecule has 4 N–H and O–H groups in total. The lowest BCUT2D eigenvalue weighted by Gasteiger charge is -2.42. The van der Waals surface area contributed by atoms with Crippen molar-refractivity contribution >= 4 is 28.6 Å². The van der Waals surface area contributed by atoms with Crippen LogP contribution in [0.25, 0.3) is 10.9 Å². The molecule has 10 heteroatoms. The summed E-state index contributed by atoms with van der Waals surface area (Å²) in [5.41, 5.74) is 8.09. The van der Waals surface area contributed by atoms with Crippen molar-refractivity contribution in [3.8, 4) is 11.5 Å². The first-order valence-electron chi connectivity index (χ1n) is 12.9. The molecule has 1 aliphatic heterocycles. The topological polar surface area (TPSA) is 128 Å². The minimum absolute atomic E-state index is 0.129. The summed E-state index contributed by atoms with van der Waals surface area (Å²) >= 11 is 0. The van der Waals surface area contributed by atoms with Crippen LogP contribution in [0.1, 0.15) is 24.2 Å². The van der Waals surface area contributed by atoms with E-state index in [0.717, 1.165) is 12.8 Å². The van der Waals surface area contributed by atoms with Gasteiger partial charge in [-0.2, -0.15) is 0 Å². The second kappa shape index (κ2) is 11.5. The molecular weight excluding hydrogens is 494 g/mol. The zero-order valence-electron chi connectivity index (χ0n) is 22.2. The lowest BCUT2D eigenvalue weighted by Crippen LogP contribution is -2.50. The summed E-state index contributed by atoms with van der Waals surface area (Å²) in [6.07, 6.45) is 3.30. The van der Waals surface area contributed by atoms with Crippen molar-refractivity contribution in [3.63, 3.8) is 0 Å². The van der Waals surface area contributed by atoms with Gasteiger partial charge in [-0.1, -0.05) is 36.4 Å². The Morgan fingerprint density at radius 3 is 2.41 bits per heavy atom. The van der Waals surface area contributed by atoms with Crippen molar-refractivity contribution in [2.24, 2.45) is 0 Å². The molecule has 0 saturated carbocycles. The molecular formula is C29H33N7O3. The molecule has 1 aliphatic rings. The standard InChI is InChI=1S/C29H33N7O3/c1-38-23-16-21-22(17-24(23)39-2)33-26(34-27(21)30)18-31-19-29(20-8-4-3-5-9-20)11-14-36(15-12-29)28(37)35-25-10-6-7-13-32-25/h3-10,13,16-17,31H,11-12,14-15,18-19H2,1-2H3,(H2,30,33,34)(H,32,35,37). The van der Waals surface area contributed by atoms with Gasteiger partial charge in [0.15, 0.2) is 11.5 Å². The maximum Gasteiger partial charge on any atom is 0.323 e. The highest BCUT2D eigenvalue weighted by molar-refractivity contribution is 5.91. The minimum Gasteiger partial charge on any atom is -0.493 e. The van der Waals surface area contributed by atoms with Crippen LogP contribution < -0.4 is 25.8 Å². The summed E-state index contributed by atoms with van der Waals surface area (Å²) in [4.78, 5) is 28.1. The number of fused-ring (bicyclic) bond motifs is 1. The number of urea groups is 1. The molecule has 0 radical (unpaired) electrons. The zero-order chi connectivity index (χ0) is 27.2. The van der Waals surface area contributed by atoms with Gasteiger partial charge in [-0.15, -0.1) is 0 Å². The van der Waals surface area contributed by atoms with Crippen LogP contribution in [-0.2, 0) is 12.0 Å². The molecule has 5 rings (SSSR count). The average Bonchev–Trinajstić information content (AvgIpc) is 2.98. The quantitative estimate of drug-likeness (QED) is 0.314. The number of methoxy groups -OCH3 is 2. The minimum atomic E-state index is -0.137. The smallest absolute Gasteiger partial charge is 0.323 e. The molecule has 1 saturated heterocycles. The van der Waals surface area contributed by atoms with Gasteiger partial charge in [0.05, 0.1) is 26.3 Å². The van der Waals surface area contributed by atoms with Crippen molar-refractivity contribution in [1.29, 1.82) is 0 Å². The Morgan fingerprint density at radius 1 is 1.00 bits per heavy atom. The molecule has 0 atom stereocenters. The van der Waals surface area contributed by atoms with Crippen molar-refractivity contribution < 1.29 is 14.3 Å². The third kappa shape index (κ3) is 5.70. The van der Waals surface area contributed by atoms with Crippen LogP contribution in [0.15, 0.2) is 66.9 Å². The van der Waals surface area contributed by atoms with E-state index in [1.54, 1.807) is 32.5 Å². The number of carbonyl (C=O) groups excluding carboxylic acids is 1. The van der Waals surface area contributed by atoms with Crippen LogP contribution in [0.4, 0.5) is 16.4 Å². The molecule has 2 amide bonds. The molecule has 1 fully saturated rings. The summed E-state index contributed by atoms with van der Waals surface area (Å²) in [5, 5.41) is 7.18. The predicted octanol–water partition coefficient (Wildman–Crippen LogP) is 3.98. The predicted molar refractivity (Wildman–Crippen MR) is 151 cm³/mol. The van der Waals surface area contributed by atoms with Gasteiger partial charge in [-0.3, -0.25) is 5.32 Å². The van der Waals surface area contributed by atoms with E-state index < -0.39 is 0 Å². The number of rotatable bonds is 8. The highest BCUT2D eigenvalue weighted by Crippen LogP contribution is 2.36. The monoisotopic (exact) mass is 527 g/mol. The Hall–Kier alpha value is -4.44. The second-order valence-corrected chi connectivity index (χ2v) is 9.63. The van der Waals surface area contributed by atoms with Gasteiger partial charge in [-0.25, -0.2) is 19.7 Å². The van der Waals surface area contributed by atoms with Crippen molar-refractivity contribution in [2.45, 2.75) is 24.8 Å². The van der Waals surface area contributed by atoms with E-state index >= 15 is 0 Å². The maximum atomic E-state index is 12.9. The first-order valence-corrected chi connectivity index (χ1v) is 12.9. The van der Waals surface area contributed by atoms with Crippen LogP contribution in [0.3, 0.4) is 0 Å². The number of aromatic nitrogens is 3. The molecule has 0 aliphatic carbocycles. The Balaban J connectivity index is 1.29. The Bertz CT molecular complexity index is 1430. The van der Waals surface area contributed by atoms with Crippen LogP contribution in [0, 0.1) is 0 Å². The van der Waals surface area contributed by atoms with Gasteiger partial charge >= 0.3 is 6.03 Å². The Labute approximate surface area is 227 Å². The fourth-order valence-corrected chi connectivity index (χ4v) is 5.14. The summed E-state index contributed by atoms with van der Waals surface area (Å²) in [7, 11) is 3.17. The summed E-state index contributed by atoms with van der Waals surface area (Å²) < 4.78 is 10.8. The van der Waals surface area contributed by atoms with Gasteiger partial charge in [0.2, 0.25) is 0 Å². The number of pyridine rings is 1. The van der Waals surface area contributed by atoms with Gasteiger partial charge < -0.3 is 25.4 Å². The van der Waals surface area contributed by atoms with E-state index in [-0.39, 0.29) is 11.4 Å². The number of anilines is 2. The van der Waals surface area contributed by atoms with Gasteiger partial charge in [-0.05, 0) is 36.6 Å². The number of likely N-dealkylation sites (tertiary alicyclic amines) is 1. The first-order chi connectivity index (χ1) is 19.0. The third-order valence-corrected chi connectivity index (χ3v) is 7.32. The SMILES string of the molecule is COc1cc2nc(CNCC3(c4ccccc4)CCN(C(=O)Nc4ccccn4)CC3)nc(N)c2cc1OC. The fraction of sp³-hybridized carbons (Fsp3) is 0.310. The maximum absolute atomic E-state index is 12.9. The van der Waals surface area contributed by atoms with Crippen LogP contribution >= 0.6 is 0 Å². The molecule has 4 aromatic rings. The number of piperidine rings is 1. The molecule has 202 valence electrons. The molecule has 10 nitrogen and oxygen atoms in total. The van der Waals surface area contributed by atoms with Gasteiger partial charge in [0, 0.05) is 42.7 Å². The van der Waals surface area contributed by atoms with E-state index in [0.29, 0.717) is 66.0 Å². The average molecular weight is 528 g/mol. The van der Waals surface area contributed by atoms with Gasteiger partial charge in [0.1, 0.15) is 17.5 Å². The molecule has 2 aromatic carbocycles. The number of hydrogen-bond acceptors (Lipinski definition) is 8. The third-order valence-electron chi connectivity index (χ3n) is 7.32. The lowest BCUT2D eigenvalue weighted by molar-refractivity contribution is 0.165. The number of nitrogen functional groups attached to an aromatic ring is 1. The van der Waals surface area contributed by atoms with Crippen molar-refractivity contribution in [3.05, 3.63) is 78.2 Å². The summed E-state index contributed by atoms with van der Waals surface area (Å²) in [6.45, 7) is 2.43. The van der Waals surface area contributed by atoms with E-state index in [4.69, 9.17) is 20.2 Å².